The fraction of sp³-hybridized carbons (Fsp3) is 0.188. The van der Waals surface area contributed by atoms with E-state index in [1.807, 2.05) is 0 Å². The smallest absolute Gasteiger partial charge is 0.418 e. The maximum absolute atomic E-state index is 12.4. The lowest BCUT2D eigenvalue weighted by Crippen LogP contribution is -2.25. The second-order valence-electron chi connectivity index (χ2n) is 5.44. The summed E-state index contributed by atoms with van der Waals surface area (Å²) >= 11 is 0. The molecule has 13 heteroatoms. The minimum atomic E-state index is -0.905. The summed E-state index contributed by atoms with van der Waals surface area (Å²) < 4.78 is 11.6. The Balaban J connectivity index is 1.82. The normalized spacial score (nSPS) is 10.2. The van der Waals surface area contributed by atoms with E-state index in [9.17, 15) is 9.59 Å². The molecule has 0 atom stereocenters. The Bertz CT molecular complexity index is 1020. The standard InChI is InChI=1S/C16H17N9O4/c1-17-14(26)12-10(6-21-25(12)2)23-16(27)29-15-13(20-7-11(24-15)28-3)22-9-4-18-8-19-5-9/h4-8H,1-3H3,(H,17,26)(H,20,22)(H,23,27). The number of carbonyl (C=O) groups is 2. The number of methoxy groups -OCH3 is 1. The van der Waals surface area contributed by atoms with E-state index in [-0.39, 0.29) is 29.0 Å². The Labute approximate surface area is 164 Å². The number of rotatable bonds is 6. The molecule has 0 aliphatic rings. The van der Waals surface area contributed by atoms with E-state index in [1.165, 1.54) is 50.0 Å². The summed E-state index contributed by atoms with van der Waals surface area (Å²) in [6.07, 6.45) is 6.15. The van der Waals surface area contributed by atoms with Crippen molar-refractivity contribution in [2.45, 2.75) is 0 Å². The number of nitrogens with one attached hydrogen (secondary N) is 3. The quantitative estimate of drug-likeness (QED) is 0.539. The first kappa shape index (κ1) is 19.5. The zero-order valence-electron chi connectivity index (χ0n) is 15.7. The number of ether oxygens (including phenoxy) is 2. The van der Waals surface area contributed by atoms with Crippen LogP contribution in [-0.4, -0.2) is 55.9 Å². The Morgan fingerprint density at radius 1 is 1.14 bits per heavy atom. The zero-order valence-corrected chi connectivity index (χ0v) is 15.7. The molecule has 3 heterocycles. The number of hydrogen-bond donors (Lipinski definition) is 3. The van der Waals surface area contributed by atoms with Crippen LogP contribution in [0.2, 0.25) is 0 Å². The molecule has 3 aromatic heterocycles. The Kier molecular flexibility index (Phi) is 5.77. The molecule has 0 aliphatic heterocycles. The molecule has 0 bridgehead atoms. The van der Waals surface area contributed by atoms with Gasteiger partial charge in [-0.05, 0) is 0 Å². The van der Waals surface area contributed by atoms with E-state index >= 15 is 0 Å². The topological polar surface area (TPSA) is 158 Å². The van der Waals surface area contributed by atoms with Gasteiger partial charge in [0.05, 0.1) is 43.3 Å². The molecular formula is C16H17N9O4. The Morgan fingerprint density at radius 3 is 2.59 bits per heavy atom. The van der Waals surface area contributed by atoms with Crippen molar-refractivity contribution in [3.05, 3.63) is 36.8 Å². The summed E-state index contributed by atoms with van der Waals surface area (Å²) in [7, 11) is 4.43. The van der Waals surface area contributed by atoms with Gasteiger partial charge in [0, 0.05) is 14.1 Å². The maximum Gasteiger partial charge on any atom is 0.418 e. The average molecular weight is 399 g/mol. The third kappa shape index (κ3) is 4.52. The molecule has 3 aromatic rings. The molecule has 0 saturated carbocycles. The number of hydrogen-bond acceptors (Lipinski definition) is 10. The number of nitrogens with zero attached hydrogens (tertiary/aromatic N) is 6. The third-order valence-corrected chi connectivity index (χ3v) is 3.56. The molecule has 0 aromatic carbocycles. The summed E-state index contributed by atoms with van der Waals surface area (Å²) in [5, 5.41) is 11.8. The summed E-state index contributed by atoms with van der Waals surface area (Å²) in [6.45, 7) is 0. The molecule has 0 radical (unpaired) electrons. The predicted octanol–water partition coefficient (Wildman–Crippen LogP) is 0.723. The van der Waals surface area contributed by atoms with Gasteiger partial charge in [-0.25, -0.2) is 19.7 Å². The van der Waals surface area contributed by atoms with E-state index in [2.05, 4.69) is 41.0 Å². The van der Waals surface area contributed by atoms with Crippen LogP contribution < -0.4 is 25.4 Å². The van der Waals surface area contributed by atoms with Gasteiger partial charge in [-0.15, -0.1) is 0 Å². The van der Waals surface area contributed by atoms with E-state index in [4.69, 9.17) is 9.47 Å². The second-order valence-corrected chi connectivity index (χ2v) is 5.44. The fourth-order valence-electron chi connectivity index (χ4n) is 2.25. The van der Waals surface area contributed by atoms with Gasteiger partial charge >= 0.3 is 6.09 Å². The van der Waals surface area contributed by atoms with Crippen LogP contribution in [0, 0.1) is 0 Å². The van der Waals surface area contributed by atoms with Crippen LogP contribution in [0.15, 0.2) is 31.1 Å². The number of amides is 2. The van der Waals surface area contributed by atoms with Crippen LogP contribution >= 0.6 is 0 Å². The molecule has 150 valence electrons. The highest BCUT2D eigenvalue weighted by Crippen LogP contribution is 2.25. The van der Waals surface area contributed by atoms with Crippen molar-refractivity contribution in [2.75, 3.05) is 24.8 Å². The van der Waals surface area contributed by atoms with Crippen LogP contribution in [0.3, 0.4) is 0 Å². The SMILES string of the molecule is CNC(=O)c1c(NC(=O)Oc2nc(OC)cnc2Nc2cncnc2)cnn1C. The summed E-state index contributed by atoms with van der Waals surface area (Å²) in [6, 6.07) is 0. The molecule has 2 amide bonds. The van der Waals surface area contributed by atoms with E-state index < -0.39 is 12.0 Å². The molecule has 0 spiro atoms. The Hall–Kier alpha value is -4.29. The second kappa shape index (κ2) is 8.60. The van der Waals surface area contributed by atoms with Crippen molar-refractivity contribution < 1.29 is 19.1 Å². The highest BCUT2D eigenvalue weighted by Gasteiger charge is 2.20. The lowest BCUT2D eigenvalue weighted by molar-refractivity contribution is 0.0954. The van der Waals surface area contributed by atoms with Crippen LogP contribution in [0.1, 0.15) is 10.5 Å². The van der Waals surface area contributed by atoms with Gasteiger partial charge in [0.15, 0.2) is 5.82 Å². The van der Waals surface area contributed by atoms with Crippen LogP contribution in [0.4, 0.5) is 22.0 Å². The molecule has 3 N–H and O–H groups in total. The molecule has 3 rings (SSSR count). The average Bonchev–Trinajstić information content (AvgIpc) is 3.09. The van der Waals surface area contributed by atoms with Gasteiger partial charge in [-0.2, -0.15) is 10.1 Å². The van der Waals surface area contributed by atoms with Gasteiger partial charge < -0.3 is 20.1 Å². The number of anilines is 3. The first-order valence-corrected chi connectivity index (χ1v) is 8.17. The molecule has 0 unspecified atom stereocenters. The maximum atomic E-state index is 12.4. The lowest BCUT2D eigenvalue weighted by Gasteiger charge is -2.11. The van der Waals surface area contributed by atoms with Crippen LogP contribution in [-0.2, 0) is 7.05 Å². The van der Waals surface area contributed by atoms with E-state index in [1.54, 1.807) is 7.05 Å². The summed E-state index contributed by atoms with van der Waals surface area (Å²) in [5.74, 6) is -0.312. The minimum Gasteiger partial charge on any atom is -0.480 e. The number of aromatic nitrogens is 6. The van der Waals surface area contributed by atoms with Crippen LogP contribution in [0.5, 0.6) is 11.8 Å². The van der Waals surface area contributed by atoms with Crippen molar-refractivity contribution in [2.24, 2.45) is 7.05 Å². The monoisotopic (exact) mass is 399 g/mol. The first-order chi connectivity index (χ1) is 14.0. The number of aryl methyl sites for hydroxylation is 1. The molecule has 13 nitrogen and oxygen atoms in total. The van der Waals surface area contributed by atoms with Gasteiger partial charge in [-0.1, -0.05) is 0 Å². The highest BCUT2D eigenvalue weighted by atomic mass is 16.6. The predicted molar refractivity (Wildman–Crippen MR) is 100 cm³/mol. The van der Waals surface area contributed by atoms with Gasteiger partial charge in [-0.3, -0.25) is 14.8 Å². The molecule has 0 fully saturated rings. The van der Waals surface area contributed by atoms with E-state index in [0.29, 0.717) is 5.69 Å². The van der Waals surface area contributed by atoms with Gasteiger partial charge in [0.1, 0.15) is 12.0 Å². The van der Waals surface area contributed by atoms with E-state index in [0.717, 1.165) is 0 Å². The largest absolute Gasteiger partial charge is 0.480 e. The van der Waals surface area contributed by atoms with Crippen molar-refractivity contribution in [1.82, 2.24) is 35.0 Å². The van der Waals surface area contributed by atoms with Gasteiger partial charge in [0.25, 0.3) is 11.8 Å². The molecule has 0 aliphatic carbocycles. The van der Waals surface area contributed by atoms with Crippen molar-refractivity contribution in [3.63, 3.8) is 0 Å². The summed E-state index contributed by atoms with van der Waals surface area (Å²) in [4.78, 5) is 40.3. The first-order valence-electron chi connectivity index (χ1n) is 8.17. The van der Waals surface area contributed by atoms with Crippen molar-refractivity contribution in [3.8, 4) is 11.8 Å². The fourth-order valence-corrected chi connectivity index (χ4v) is 2.25. The minimum absolute atomic E-state index is 0.133. The summed E-state index contributed by atoms with van der Waals surface area (Å²) in [5.41, 5.74) is 0.825. The van der Waals surface area contributed by atoms with Gasteiger partial charge in [0.2, 0.25) is 5.88 Å². The molecule has 0 saturated heterocycles. The zero-order chi connectivity index (χ0) is 20.8. The third-order valence-electron chi connectivity index (χ3n) is 3.56. The van der Waals surface area contributed by atoms with Crippen molar-refractivity contribution in [1.29, 1.82) is 0 Å². The van der Waals surface area contributed by atoms with Crippen molar-refractivity contribution >= 4 is 29.2 Å². The molecular weight excluding hydrogens is 382 g/mol. The lowest BCUT2D eigenvalue weighted by atomic mass is 10.3. The highest BCUT2D eigenvalue weighted by molar-refractivity contribution is 6.01. The number of carbonyl (C=O) groups excluding carboxylic acids is 2. The van der Waals surface area contributed by atoms with Crippen LogP contribution in [0.25, 0.3) is 0 Å². The molecule has 29 heavy (non-hydrogen) atoms. The Morgan fingerprint density at radius 2 is 1.90 bits per heavy atom.